The molecule has 32 heavy (non-hydrogen) atoms. The summed E-state index contributed by atoms with van der Waals surface area (Å²) in [7, 11) is 0. The molecule has 0 atom stereocenters. The lowest BCUT2D eigenvalue weighted by Gasteiger charge is -2.40. The lowest BCUT2D eigenvalue weighted by Crippen LogP contribution is -2.47. The molecule has 3 heterocycles. The van der Waals surface area contributed by atoms with E-state index in [-0.39, 0.29) is 11.4 Å². The maximum atomic E-state index is 13.0. The summed E-state index contributed by atoms with van der Waals surface area (Å²) in [6.07, 6.45) is 8.76. The van der Waals surface area contributed by atoms with E-state index < -0.39 is 0 Å². The van der Waals surface area contributed by atoms with Gasteiger partial charge in [0.25, 0.3) is 5.89 Å². The number of pyridine rings is 1. The summed E-state index contributed by atoms with van der Waals surface area (Å²) in [4.78, 5) is 23.8. The molecule has 2 amide bonds. The van der Waals surface area contributed by atoms with E-state index in [0.29, 0.717) is 19.0 Å². The molecule has 1 aromatic carbocycles. The normalized spacial score (nSPS) is 17.9. The molecule has 166 valence electrons. The van der Waals surface area contributed by atoms with Gasteiger partial charge in [0.2, 0.25) is 0 Å². The number of carbonyl (C=O) groups excluding carboxylic acids is 1. The molecule has 0 unspecified atom stereocenters. The highest BCUT2D eigenvalue weighted by molar-refractivity contribution is 5.90. The van der Waals surface area contributed by atoms with E-state index in [2.05, 4.69) is 21.5 Å². The summed E-state index contributed by atoms with van der Waals surface area (Å²) in [5, 5.41) is 7.49. The average Bonchev–Trinajstić information content (AvgIpc) is 3.47. The zero-order chi connectivity index (χ0) is 22.1. The Morgan fingerprint density at radius 1 is 1.22 bits per heavy atom. The van der Waals surface area contributed by atoms with Crippen molar-refractivity contribution in [2.24, 2.45) is 5.92 Å². The van der Waals surface area contributed by atoms with Gasteiger partial charge in [0.15, 0.2) is 5.82 Å². The Bertz CT molecular complexity index is 1100. The fourth-order valence-corrected chi connectivity index (χ4v) is 4.64. The van der Waals surface area contributed by atoms with Crippen molar-refractivity contribution in [3.8, 4) is 11.5 Å². The molecule has 2 aromatic heterocycles. The number of anilines is 1. The van der Waals surface area contributed by atoms with E-state index in [1.165, 1.54) is 12.8 Å². The van der Waals surface area contributed by atoms with Crippen LogP contribution in [0.15, 0.2) is 47.2 Å². The Morgan fingerprint density at radius 3 is 2.75 bits per heavy atom. The molecule has 3 aromatic rings. The number of hydrogen-bond acceptors (Lipinski definition) is 5. The smallest absolute Gasteiger partial charge is 0.321 e. The lowest BCUT2D eigenvalue weighted by atomic mass is 9.73. The summed E-state index contributed by atoms with van der Waals surface area (Å²) >= 11 is 0. The van der Waals surface area contributed by atoms with Crippen LogP contribution in [0, 0.1) is 19.8 Å². The number of aryl methyl sites for hydroxylation is 2. The van der Waals surface area contributed by atoms with Gasteiger partial charge in [-0.3, -0.25) is 4.98 Å². The van der Waals surface area contributed by atoms with Gasteiger partial charge in [-0.25, -0.2) is 4.79 Å². The number of rotatable bonds is 5. The van der Waals surface area contributed by atoms with Gasteiger partial charge < -0.3 is 14.7 Å². The number of urea groups is 1. The van der Waals surface area contributed by atoms with Gasteiger partial charge in [-0.2, -0.15) is 4.98 Å². The molecule has 0 spiro atoms. The standard InChI is InChI=1S/C25H29N5O2/c1-17-5-6-18(2)21(14-17)27-24(31)30-12-9-25(10-13-30,15-19-7-8-19)23-28-22(32-29-23)20-4-3-11-26-16-20/h3-6,11,14,16,19H,7-10,12-13,15H2,1-2H3,(H,27,31). The van der Waals surface area contributed by atoms with Crippen molar-refractivity contribution in [3.63, 3.8) is 0 Å². The lowest BCUT2D eigenvalue weighted by molar-refractivity contribution is 0.153. The summed E-state index contributed by atoms with van der Waals surface area (Å²) in [5.41, 5.74) is 3.77. The van der Waals surface area contributed by atoms with Crippen molar-refractivity contribution in [2.45, 2.75) is 51.4 Å². The Labute approximate surface area is 188 Å². The maximum absolute atomic E-state index is 13.0. The van der Waals surface area contributed by atoms with Crippen LogP contribution in [0.1, 0.15) is 49.1 Å². The zero-order valence-electron chi connectivity index (χ0n) is 18.7. The Balaban J connectivity index is 1.31. The minimum Gasteiger partial charge on any atom is -0.334 e. The molecular weight excluding hydrogens is 402 g/mol. The number of aromatic nitrogens is 3. The molecule has 1 N–H and O–H groups in total. The van der Waals surface area contributed by atoms with Crippen LogP contribution in [-0.2, 0) is 5.41 Å². The predicted octanol–water partition coefficient (Wildman–Crippen LogP) is 5.11. The second kappa shape index (κ2) is 8.37. The van der Waals surface area contributed by atoms with Gasteiger partial charge in [0, 0.05) is 36.6 Å². The highest BCUT2D eigenvalue weighted by Crippen LogP contribution is 2.46. The first kappa shape index (κ1) is 20.7. The minimum atomic E-state index is -0.138. The quantitative estimate of drug-likeness (QED) is 0.606. The molecular formula is C25H29N5O2. The van der Waals surface area contributed by atoms with Gasteiger partial charge in [-0.05, 0) is 68.4 Å². The third-order valence-electron chi connectivity index (χ3n) is 6.83. The zero-order valence-corrected chi connectivity index (χ0v) is 18.7. The van der Waals surface area contributed by atoms with Crippen molar-refractivity contribution in [2.75, 3.05) is 18.4 Å². The Morgan fingerprint density at radius 2 is 2.03 bits per heavy atom. The molecule has 1 aliphatic carbocycles. The van der Waals surface area contributed by atoms with Crippen molar-refractivity contribution in [3.05, 3.63) is 59.7 Å². The molecule has 0 bridgehead atoms. The van der Waals surface area contributed by atoms with Crippen LogP contribution in [0.5, 0.6) is 0 Å². The third-order valence-corrected chi connectivity index (χ3v) is 6.83. The van der Waals surface area contributed by atoms with Crippen LogP contribution in [0.4, 0.5) is 10.5 Å². The van der Waals surface area contributed by atoms with Crippen molar-refractivity contribution >= 4 is 11.7 Å². The third kappa shape index (κ3) is 4.24. The van der Waals surface area contributed by atoms with Crippen LogP contribution in [0.25, 0.3) is 11.5 Å². The van der Waals surface area contributed by atoms with Gasteiger partial charge in [0.1, 0.15) is 0 Å². The predicted molar refractivity (Wildman–Crippen MR) is 122 cm³/mol. The minimum absolute atomic E-state index is 0.0390. The highest BCUT2D eigenvalue weighted by atomic mass is 16.5. The number of amides is 2. The van der Waals surface area contributed by atoms with Crippen LogP contribution in [-0.4, -0.2) is 39.1 Å². The fourth-order valence-electron chi connectivity index (χ4n) is 4.64. The second-order valence-corrected chi connectivity index (χ2v) is 9.33. The van der Waals surface area contributed by atoms with Gasteiger partial charge in [-0.1, -0.05) is 30.1 Å². The average molecular weight is 432 g/mol. The summed E-state index contributed by atoms with van der Waals surface area (Å²) in [6.45, 7) is 5.41. The summed E-state index contributed by atoms with van der Waals surface area (Å²) in [5.74, 6) is 2.02. The first-order chi connectivity index (χ1) is 15.5. The van der Waals surface area contributed by atoms with Gasteiger partial charge in [-0.15, -0.1) is 0 Å². The molecule has 5 rings (SSSR count). The van der Waals surface area contributed by atoms with E-state index in [1.54, 1.807) is 12.4 Å². The number of likely N-dealkylation sites (tertiary alicyclic amines) is 1. The van der Waals surface area contributed by atoms with Gasteiger partial charge >= 0.3 is 6.03 Å². The van der Waals surface area contributed by atoms with E-state index in [0.717, 1.165) is 53.4 Å². The van der Waals surface area contributed by atoms with E-state index in [9.17, 15) is 4.79 Å². The number of nitrogens with one attached hydrogen (secondary N) is 1. The molecule has 1 aliphatic heterocycles. The largest absolute Gasteiger partial charge is 0.334 e. The molecule has 0 radical (unpaired) electrons. The molecule has 1 saturated heterocycles. The summed E-state index contributed by atoms with van der Waals surface area (Å²) in [6, 6.07) is 9.88. The molecule has 1 saturated carbocycles. The van der Waals surface area contributed by atoms with E-state index >= 15 is 0 Å². The first-order valence-corrected chi connectivity index (χ1v) is 11.4. The van der Waals surface area contributed by atoms with Crippen LogP contribution >= 0.6 is 0 Å². The van der Waals surface area contributed by atoms with Crippen LogP contribution < -0.4 is 5.32 Å². The van der Waals surface area contributed by atoms with E-state index in [1.807, 2.05) is 43.0 Å². The highest BCUT2D eigenvalue weighted by Gasteiger charge is 2.44. The second-order valence-electron chi connectivity index (χ2n) is 9.33. The number of benzene rings is 1. The van der Waals surface area contributed by atoms with Crippen molar-refractivity contribution in [1.29, 1.82) is 0 Å². The van der Waals surface area contributed by atoms with Gasteiger partial charge in [0.05, 0.1) is 5.56 Å². The molecule has 2 fully saturated rings. The van der Waals surface area contributed by atoms with Crippen molar-refractivity contribution < 1.29 is 9.32 Å². The number of piperidine rings is 1. The molecule has 2 aliphatic rings. The van der Waals surface area contributed by atoms with Crippen LogP contribution in [0.2, 0.25) is 0 Å². The van der Waals surface area contributed by atoms with E-state index in [4.69, 9.17) is 9.51 Å². The molecule has 7 nitrogen and oxygen atoms in total. The molecule has 7 heteroatoms. The van der Waals surface area contributed by atoms with Crippen molar-refractivity contribution in [1.82, 2.24) is 20.0 Å². The summed E-state index contributed by atoms with van der Waals surface area (Å²) < 4.78 is 5.61. The fraction of sp³-hybridized carbons (Fsp3) is 0.440. The van der Waals surface area contributed by atoms with Crippen LogP contribution in [0.3, 0.4) is 0 Å². The number of hydrogen-bond donors (Lipinski definition) is 1. The topological polar surface area (TPSA) is 84.2 Å². The SMILES string of the molecule is Cc1ccc(C)c(NC(=O)N2CCC(CC3CC3)(c3noc(-c4cccnc4)n3)CC2)c1. The Kier molecular flexibility index (Phi) is 5.41. The number of carbonyl (C=O) groups is 1. The maximum Gasteiger partial charge on any atom is 0.321 e. The number of nitrogens with zero attached hydrogens (tertiary/aromatic N) is 4. The monoisotopic (exact) mass is 431 g/mol. The Hall–Kier alpha value is -3.22. The first-order valence-electron chi connectivity index (χ1n) is 11.4.